The number of nitrogens with zero attached hydrogens (tertiary/aromatic N) is 4. The van der Waals surface area contributed by atoms with E-state index in [0.29, 0.717) is 6.54 Å². The van der Waals surface area contributed by atoms with Crippen LogP contribution in [0, 0.1) is 0 Å². The summed E-state index contributed by atoms with van der Waals surface area (Å²) in [5.41, 5.74) is 1.10. The summed E-state index contributed by atoms with van der Waals surface area (Å²) in [6.45, 7) is 8.12. The summed E-state index contributed by atoms with van der Waals surface area (Å²) in [4.78, 5) is 13.5. The van der Waals surface area contributed by atoms with Crippen LogP contribution in [0.5, 0.6) is 11.5 Å². The molecule has 26 heavy (non-hydrogen) atoms. The molecule has 0 aliphatic carbocycles. The van der Waals surface area contributed by atoms with E-state index in [2.05, 4.69) is 32.0 Å². The normalized spacial score (nSPS) is 15.0. The Bertz CT molecular complexity index is 717. The van der Waals surface area contributed by atoms with Crippen molar-refractivity contribution in [2.75, 3.05) is 57.2 Å². The van der Waals surface area contributed by atoms with E-state index < -0.39 is 0 Å². The Balaban J connectivity index is 1.62. The lowest BCUT2D eigenvalue weighted by molar-refractivity contribution is 0.270. The van der Waals surface area contributed by atoms with Gasteiger partial charge in [0.15, 0.2) is 11.5 Å². The highest BCUT2D eigenvalue weighted by molar-refractivity contribution is 5.50. The molecule has 1 fully saturated rings. The SMILES string of the molecule is CCN1CCN(c2cc(NCc3ccc(OC)c(OC)c3)ncn2)CC1. The van der Waals surface area contributed by atoms with Crippen LogP contribution in [-0.2, 0) is 6.54 Å². The summed E-state index contributed by atoms with van der Waals surface area (Å²) in [5, 5.41) is 3.36. The van der Waals surface area contributed by atoms with Crippen LogP contribution in [0.25, 0.3) is 0 Å². The van der Waals surface area contributed by atoms with Crippen LogP contribution in [0.4, 0.5) is 11.6 Å². The number of ether oxygens (including phenoxy) is 2. The largest absolute Gasteiger partial charge is 0.493 e. The Morgan fingerprint density at radius 1 is 1.00 bits per heavy atom. The van der Waals surface area contributed by atoms with E-state index in [4.69, 9.17) is 9.47 Å². The number of nitrogens with one attached hydrogen (secondary N) is 1. The maximum absolute atomic E-state index is 5.36. The van der Waals surface area contributed by atoms with Crippen molar-refractivity contribution in [2.24, 2.45) is 0 Å². The number of aromatic nitrogens is 2. The van der Waals surface area contributed by atoms with E-state index in [1.165, 1.54) is 0 Å². The molecule has 1 N–H and O–H groups in total. The van der Waals surface area contributed by atoms with Gasteiger partial charge in [-0.25, -0.2) is 9.97 Å². The third-order valence-electron chi connectivity index (χ3n) is 4.72. The minimum absolute atomic E-state index is 0.653. The molecule has 7 nitrogen and oxygen atoms in total. The lowest BCUT2D eigenvalue weighted by Gasteiger charge is -2.34. The van der Waals surface area contributed by atoms with Gasteiger partial charge in [0.2, 0.25) is 0 Å². The molecule has 0 saturated carbocycles. The molecule has 0 radical (unpaired) electrons. The maximum Gasteiger partial charge on any atom is 0.161 e. The van der Waals surface area contributed by atoms with Crippen molar-refractivity contribution < 1.29 is 9.47 Å². The molecule has 1 aromatic heterocycles. The zero-order chi connectivity index (χ0) is 18.4. The van der Waals surface area contributed by atoms with Crippen LogP contribution in [0.15, 0.2) is 30.6 Å². The first-order valence-electron chi connectivity index (χ1n) is 8.97. The van der Waals surface area contributed by atoms with Crippen molar-refractivity contribution in [3.63, 3.8) is 0 Å². The quantitative estimate of drug-likeness (QED) is 0.815. The molecule has 1 aliphatic rings. The third-order valence-corrected chi connectivity index (χ3v) is 4.72. The van der Waals surface area contributed by atoms with Crippen molar-refractivity contribution in [3.8, 4) is 11.5 Å². The fourth-order valence-electron chi connectivity index (χ4n) is 3.09. The molecule has 0 atom stereocenters. The highest BCUT2D eigenvalue weighted by atomic mass is 16.5. The number of likely N-dealkylation sites (N-methyl/N-ethyl adjacent to an activating group) is 1. The minimum atomic E-state index is 0.653. The van der Waals surface area contributed by atoms with E-state index in [1.54, 1.807) is 20.5 Å². The molecule has 1 aliphatic heterocycles. The van der Waals surface area contributed by atoms with Crippen molar-refractivity contribution in [1.82, 2.24) is 14.9 Å². The van der Waals surface area contributed by atoms with E-state index in [0.717, 1.165) is 61.4 Å². The first-order valence-corrected chi connectivity index (χ1v) is 8.97. The second-order valence-corrected chi connectivity index (χ2v) is 6.23. The Hall–Kier alpha value is -2.54. The van der Waals surface area contributed by atoms with Crippen LogP contribution in [0.1, 0.15) is 12.5 Å². The van der Waals surface area contributed by atoms with Crippen molar-refractivity contribution in [3.05, 3.63) is 36.2 Å². The average molecular weight is 357 g/mol. The molecule has 0 unspecified atom stereocenters. The maximum atomic E-state index is 5.36. The Labute approximate surface area is 155 Å². The molecule has 1 saturated heterocycles. The smallest absolute Gasteiger partial charge is 0.161 e. The second kappa shape index (κ2) is 8.71. The molecule has 3 rings (SSSR count). The zero-order valence-electron chi connectivity index (χ0n) is 15.7. The summed E-state index contributed by atoms with van der Waals surface area (Å²) in [6, 6.07) is 7.91. The number of methoxy groups -OCH3 is 2. The van der Waals surface area contributed by atoms with Gasteiger partial charge in [0, 0.05) is 38.8 Å². The summed E-state index contributed by atoms with van der Waals surface area (Å²) in [6.07, 6.45) is 1.62. The number of benzene rings is 1. The summed E-state index contributed by atoms with van der Waals surface area (Å²) in [7, 11) is 3.28. The predicted octanol–water partition coefficient (Wildman–Crippen LogP) is 2.25. The molecule has 2 aromatic rings. The van der Waals surface area contributed by atoms with Gasteiger partial charge in [-0.15, -0.1) is 0 Å². The van der Waals surface area contributed by atoms with Crippen LogP contribution >= 0.6 is 0 Å². The van der Waals surface area contributed by atoms with Gasteiger partial charge in [-0.1, -0.05) is 13.0 Å². The third kappa shape index (κ3) is 4.35. The summed E-state index contributed by atoms with van der Waals surface area (Å²) >= 11 is 0. The predicted molar refractivity (Wildman–Crippen MR) is 103 cm³/mol. The second-order valence-electron chi connectivity index (χ2n) is 6.23. The molecule has 140 valence electrons. The Morgan fingerprint density at radius 2 is 1.77 bits per heavy atom. The lowest BCUT2D eigenvalue weighted by atomic mass is 10.2. The van der Waals surface area contributed by atoms with E-state index in [9.17, 15) is 0 Å². The van der Waals surface area contributed by atoms with Crippen molar-refractivity contribution in [2.45, 2.75) is 13.5 Å². The van der Waals surface area contributed by atoms with Gasteiger partial charge < -0.3 is 24.6 Å². The number of piperazine rings is 1. The fourth-order valence-corrected chi connectivity index (χ4v) is 3.09. The molecular formula is C19H27N5O2. The van der Waals surface area contributed by atoms with E-state index >= 15 is 0 Å². The monoisotopic (exact) mass is 357 g/mol. The molecule has 7 heteroatoms. The van der Waals surface area contributed by atoms with E-state index in [1.807, 2.05) is 24.3 Å². The molecule has 0 bridgehead atoms. The standard InChI is InChI=1S/C19H27N5O2/c1-4-23-7-9-24(10-8-23)19-12-18(21-14-22-19)20-13-15-5-6-16(25-2)17(11-15)26-3/h5-6,11-12,14H,4,7-10,13H2,1-3H3,(H,20,21,22). The van der Waals surface area contributed by atoms with Crippen molar-refractivity contribution in [1.29, 1.82) is 0 Å². The van der Waals surface area contributed by atoms with Crippen LogP contribution < -0.4 is 19.7 Å². The number of hydrogen-bond acceptors (Lipinski definition) is 7. The fraction of sp³-hybridized carbons (Fsp3) is 0.474. The summed E-state index contributed by atoms with van der Waals surface area (Å²) < 4.78 is 10.6. The highest BCUT2D eigenvalue weighted by Gasteiger charge is 2.17. The van der Waals surface area contributed by atoms with Gasteiger partial charge in [0.05, 0.1) is 14.2 Å². The summed E-state index contributed by atoms with van der Waals surface area (Å²) in [5.74, 6) is 3.25. The van der Waals surface area contributed by atoms with Gasteiger partial charge in [-0.05, 0) is 24.2 Å². The topological polar surface area (TPSA) is 62.8 Å². The van der Waals surface area contributed by atoms with Crippen LogP contribution in [0.2, 0.25) is 0 Å². The average Bonchev–Trinajstić information content (AvgIpc) is 2.72. The number of hydrogen-bond donors (Lipinski definition) is 1. The molecule has 0 amide bonds. The zero-order valence-corrected chi connectivity index (χ0v) is 15.7. The molecule has 1 aromatic carbocycles. The Morgan fingerprint density at radius 3 is 2.46 bits per heavy atom. The van der Waals surface area contributed by atoms with Gasteiger partial charge in [-0.2, -0.15) is 0 Å². The lowest BCUT2D eigenvalue weighted by Crippen LogP contribution is -2.46. The minimum Gasteiger partial charge on any atom is -0.493 e. The molecular weight excluding hydrogens is 330 g/mol. The molecule has 2 heterocycles. The van der Waals surface area contributed by atoms with Gasteiger partial charge in [0.1, 0.15) is 18.0 Å². The first kappa shape index (κ1) is 18.3. The van der Waals surface area contributed by atoms with Crippen LogP contribution in [0.3, 0.4) is 0 Å². The Kier molecular flexibility index (Phi) is 6.12. The van der Waals surface area contributed by atoms with E-state index in [-0.39, 0.29) is 0 Å². The van der Waals surface area contributed by atoms with Gasteiger partial charge >= 0.3 is 0 Å². The van der Waals surface area contributed by atoms with Gasteiger partial charge in [0.25, 0.3) is 0 Å². The number of rotatable bonds is 7. The van der Waals surface area contributed by atoms with Crippen LogP contribution in [-0.4, -0.2) is 61.8 Å². The number of anilines is 2. The first-order chi connectivity index (χ1) is 12.7. The highest BCUT2D eigenvalue weighted by Crippen LogP contribution is 2.27. The van der Waals surface area contributed by atoms with Crippen molar-refractivity contribution >= 4 is 11.6 Å². The molecule has 0 spiro atoms. The van der Waals surface area contributed by atoms with Gasteiger partial charge in [-0.3, -0.25) is 0 Å².